The Bertz CT molecular complexity index is 409. The standard InChI is InChI=1S/C13H26N2O2S/c1-12(2)11-14(3)8-5-13(12)6-9-15(10-7-13)18(4,16)17/h5-11H2,1-4H3. The van der Waals surface area contributed by atoms with Crippen molar-refractivity contribution in [1.29, 1.82) is 0 Å². The molecule has 0 bridgehead atoms. The summed E-state index contributed by atoms with van der Waals surface area (Å²) in [5.41, 5.74) is 0.615. The first-order valence-electron chi connectivity index (χ1n) is 6.80. The maximum Gasteiger partial charge on any atom is 0.211 e. The maximum absolute atomic E-state index is 11.6. The van der Waals surface area contributed by atoms with Crippen molar-refractivity contribution in [2.75, 3.05) is 39.5 Å². The van der Waals surface area contributed by atoms with E-state index in [1.54, 1.807) is 4.31 Å². The number of rotatable bonds is 1. The molecule has 0 N–H and O–H groups in total. The Morgan fingerprint density at radius 1 is 1.00 bits per heavy atom. The highest BCUT2D eigenvalue weighted by atomic mass is 32.2. The summed E-state index contributed by atoms with van der Waals surface area (Å²) in [6.45, 7) is 8.35. The van der Waals surface area contributed by atoms with Crippen molar-refractivity contribution < 1.29 is 8.42 Å². The molecule has 2 aliphatic heterocycles. The lowest BCUT2D eigenvalue weighted by molar-refractivity contribution is -0.0537. The third kappa shape index (κ3) is 2.45. The zero-order valence-corrected chi connectivity index (χ0v) is 12.9. The van der Waals surface area contributed by atoms with Crippen molar-refractivity contribution in [3.63, 3.8) is 0 Å². The number of piperidine rings is 2. The third-order valence-corrected chi connectivity index (χ3v) is 6.52. The molecule has 0 aliphatic carbocycles. The molecule has 0 unspecified atom stereocenters. The Hall–Kier alpha value is -0.130. The molecule has 1 spiro atoms. The summed E-state index contributed by atoms with van der Waals surface area (Å²) in [5, 5.41) is 0. The van der Waals surface area contributed by atoms with Gasteiger partial charge in [0.05, 0.1) is 6.26 Å². The zero-order valence-electron chi connectivity index (χ0n) is 12.1. The van der Waals surface area contributed by atoms with Crippen molar-refractivity contribution in [2.24, 2.45) is 10.8 Å². The molecule has 2 rings (SSSR count). The third-order valence-electron chi connectivity index (χ3n) is 5.22. The van der Waals surface area contributed by atoms with Crippen LogP contribution >= 0.6 is 0 Å². The van der Waals surface area contributed by atoms with E-state index < -0.39 is 10.0 Å². The van der Waals surface area contributed by atoms with E-state index in [4.69, 9.17) is 0 Å². The first kappa shape index (κ1) is 14.3. The molecule has 0 aromatic carbocycles. The highest BCUT2D eigenvalue weighted by Gasteiger charge is 2.49. The van der Waals surface area contributed by atoms with Crippen LogP contribution in [0.4, 0.5) is 0 Å². The van der Waals surface area contributed by atoms with E-state index in [9.17, 15) is 8.42 Å². The molecular formula is C13H26N2O2S. The highest BCUT2D eigenvalue weighted by molar-refractivity contribution is 7.88. The van der Waals surface area contributed by atoms with E-state index in [0.29, 0.717) is 18.5 Å². The smallest absolute Gasteiger partial charge is 0.211 e. The number of likely N-dealkylation sites (tertiary alicyclic amines) is 1. The average Bonchev–Trinajstić information content (AvgIpc) is 2.23. The van der Waals surface area contributed by atoms with Gasteiger partial charge in [0.1, 0.15) is 0 Å². The van der Waals surface area contributed by atoms with Crippen LogP contribution in [0.3, 0.4) is 0 Å². The molecule has 0 atom stereocenters. The molecule has 2 aliphatic rings. The minimum absolute atomic E-state index is 0.281. The Morgan fingerprint density at radius 3 is 1.94 bits per heavy atom. The van der Waals surface area contributed by atoms with E-state index in [-0.39, 0.29) is 5.41 Å². The molecule has 0 radical (unpaired) electrons. The van der Waals surface area contributed by atoms with Crippen LogP contribution in [0.25, 0.3) is 0 Å². The van der Waals surface area contributed by atoms with Crippen molar-refractivity contribution >= 4 is 10.0 Å². The maximum atomic E-state index is 11.6. The molecule has 0 aromatic heterocycles. The Kier molecular flexibility index (Phi) is 3.54. The van der Waals surface area contributed by atoms with E-state index in [2.05, 4.69) is 25.8 Å². The van der Waals surface area contributed by atoms with Crippen LogP contribution in [-0.4, -0.2) is 57.1 Å². The molecule has 106 valence electrons. The molecule has 4 nitrogen and oxygen atoms in total. The van der Waals surface area contributed by atoms with Gasteiger partial charge in [-0.25, -0.2) is 12.7 Å². The predicted octanol–water partition coefficient (Wildman–Crippen LogP) is 1.39. The van der Waals surface area contributed by atoms with Gasteiger partial charge in [0.25, 0.3) is 0 Å². The minimum Gasteiger partial charge on any atom is -0.306 e. The predicted molar refractivity (Wildman–Crippen MR) is 74.0 cm³/mol. The normalized spacial score (nSPS) is 29.6. The van der Waals surface area contributed by atoms with E-state index >= 15 is 0 Å². The lowest BCUT2D eigenvalue weighted by Crippen LogP contribution is -2.56. The molecule has 5 heteroatoms. The van der Waals surface area contributed by atoms with E-state index in [1.807, 2.05) is 0 Å². The molecule has 0 amide bonds. The summed E-state index contributed by atoms with van der Waals surface area (Å²) in [6, 6.07) is 0. The van der Waals surface area contributed by atoms with Crippen LogP contribution in [-0.2, 0) is 10.0 Å². The van der Waals surface area contributed by atoms with Gasteiger partial charge >= 0.3 is 0 Å². The van der Waals surface area contributed by atoms with E-state index in [0.717, 1.165) is 25.9 Å². The summed E-state index contributed by atoms with van der Waals surface area (Å²) in [6.07, 6.45) is 4.56. The summed E-state index contributed by atoms with van der Waals surface area (Å²) in [4.78, 5) is 2.40. The molecule has 2 saturated heterocycles. The van der Waals surface area contributed by atoms with Crippen molar-refractivity contribution in [2.45, 2.75) is 33.1 Å². The van der Waals surface area contributed by atoms with Gasteiger partial charge in [-0.3, -0.25) is 0 Å². The number of sulfonamides is 1. The average molecular weight is 274 g/mol. The van der Waals surface area contributed by atoms with Crippen molar-refractivity contribution in [3.05, 3.63) is 0 Å². The Morgan fingerprint density at radius 2 is 1.50 bits per heavy atom. The first-order chi connectivity index (χ1) is 8.16. The largest absolute Gasteiger partial charge is 0.306 e. The quantitative estimate of drug-likeness (QED) is 0.725. The van der Waals surface area contributed by atoms with Crippen LogP contribution < -0.4 is 0 Å². The van der Waals surface area contributed by atoms with Crippen LogP contribution in [0.1, 0.15) is 33.1 Å². The Balaban J connectivity index is 2.12. The second-order valence-electron chi connectivity index (χ2n) is 6.81. The Labute approximate surface area is 111 Å². The van der Waals surface area contributed by atoms with E-state index in [1.165, 1.54) is 12.7 Å². The molecule has 2 fully saturated rings. The molecule has 0 saturated carbocycles. The summed E-state index contributed by atoms with van der Waals surface area (Å²) in [7, 11) is -0.826. The number of hydrogen-bond donors (Lipinski definition) is 0. The van der Waals surface area contributed by atoms with Crippen LogP contribution in [0.15, 0.2) is 0 Å². The van der Waals surface area contributed by atoms with Gasteiger partial charge in [0.15, 0.2) is 0 Å². The summed E-state index contributed by atoms with van der Waals surface area (Å²) in [5.74, 6) is 0. The second-order valence-corrected chi connectivity index (χ2v) is 8.80. The fraction of sp³-hybridized carbons (Fsp3) is 1.00. The van der Waals surface area contributed by atoms with Gasteiger partial charge < -0.3 is 4.90 Å². The van der Waals surface area contributed by atoms with Gasteiger partial charge in [0, 0.05) is 19.6 Å². The van der Waals surface area contributed by atoms with Gasteiger partial charge in [0.2, 0.25) is 10.0 Å². The number of hydrogen-bond acceptors (Lipinski definition) is 3. The fourth-order valence-electron chi connectivity index (χ4n) is 3.84. The first-order valence-corrected chi connectivity index (χ1v) is 8.65. The molecule has 18 heavy (non-hydrogen) atoms. The fourth-order valence-corrected chi connectivity index (χ4v) is 4.68. The SMILES string of the molecule is CN1CCC2(CCN(S(C)(=O)=O)CC2)C(C)(C)C1. The zero-order chi connectivity index (χ0) is 13.6. The van der Waals surface area contributed by atoms with Gasteiger partial charge in [-0.1, -0.05) is 13.8 Å². The lowest BCUT2D eigenvalue weighted by atomic mass is 9.57. The van der Waals surface area contributed by atoms with Crippen LogP contribution in [0.5, 0.6) is 0 Å². The minimum atomic E-state index is -3.01. The summed E-state index contributed by atoms with van der Waals surface area (Å²) >= 11 is 0. The molecule has 2 heterocycles. The summed E-state index contributed by atoms with van der Waals surface area (Å²) < 4.78 is 24.8. The lowest BCUT2D eigenvalue weighted by Gasteiger charge is -2.56. The van der Waals surface area contributed by atoms with Gasteiger partial charge in [-0.2, -0.15) is 0 Å². The van der Waals surface area contributed by atoms with Gasteiger partial charge in [-0.05, 0) is 43.7 Å². The van der Waals surface area contributed by atoms with Gasteiger partial charge in [-0.15, -0.1) is 0 Å². The van der Waals surface area contributed by atoms with Crippen LogP contribution in [0.2, 0.25) is 0 Å². The van der Waals surface area contributed by atoms with Crippen LogP contribution in [0, 0.1) is 10.8 Å². The monoisotopic (exact) mass is 274 g/mol. The molecular weight excluding hydrogens is 248 g/mol. The molecule has 0 aromatic rings. The van der Waals surface area contributed by atoms with Crippen molar-refractivity contribution in [3.8, 4) is 0 Å². The second kappa shape index (κ2) is 4.46. The number of nitrogens with zero attached hydrogens (tertiary/aromatic N) is 2. The topological polar surface area (TPSA) is 40.6 Å². The van der Waals surface area contributed by atoms with Crippen molar-refractivity contribution in [1.82, 2.24) is 9.21 Å². The highest BCUT2D eigenvalue weighted by Crippen LogP contribution is 2.52.